The highest BCUT2D eigenvalue weighted by Crippen LogP contribution is 2.21. The summed E-state index contributed by atoms with van der Waals surface area (Å²) in [6.07, 6.45) is 8.46. The third-order valence-corrected chi connectivity index (χ3v) is 2.86. The Morgan fingerprint density at radius 1 is 1.23 bits per heavy atom. The van der Waals surface area contributed by atoms with Gasteiger partial charge in [0.05, 0.1) is 0 Å². The minimum atomic E-state index is 0.716. The molecule has 13 heavy (non-hydrogen) atoms. The Morgan fingerprint density at radius 3 is 2.38 bits per heavy atom. The molecule has 0 bridgehead atoms. The second-order valence-corrected chi connectivity index (χ2v) is 4.54. The molecule has 0 amide bonds. The zero-order chi connectivity index (χ0) is 9.52. The Labute approximate surface area is 86.5 Å². The minimum Gasteiger partial charge on any atom is -0.312 e. The van der Waals surface area contributed by atoms with Gasteiger partial charge in [0.25, 0.3) is 0 Å². The Bertz CT molecular complexity index is 148. The molecular weight excluding hydrogens is 182 g/mol. The molecule has 0 spiro atoms. The van der Waals surface area contributed by atoms with E-state index in [-0.39, 0.29) is 0 Å². The van der Waals surface area contributed by atoms with Crippen LogP contribution in [0.2, 0.25) is 0 Å². The number of hydrogen-bond acceptors (Lipinski definition) is 1. The first-order chi connectivity index (χ1) is 6.29. The first kappa shape index (κ1) is 11.1. The van der Waals surface area contributed by atoms with Gasteiger partial charge < -0.3 is 5.32 Å². The van der Waals surface area contributed by atoms with E-state index in [1.165, 1.54) is 38.5 Å². The lowest BCUT2D eigenvalue weighted by molar-refractivity contribution is 0.434. The molecule has 0 saturated heterocycles. The number of hydrogen-bond donors (Lipinski definition) is 1. The average Bonchev–Trinajstić information content (AvgIpc) is 2.32. The smallest absolute Gasteiger partial charge is 0.0307 e. The van der Waals surface area contributed by atoms with Gasteiger partial charge in [0.1, 0.15) is 0 Å². The quantitative estimate of drug-likeness (QED) is 0.689. The number of nitrogens with one attached hydrogen (secondary N) is 1. The summed E-state index contributed by atoms with van der Waals surface area (Å²) in [5, 5.41) is 4.07. The van der Waals surface area contributed by atoms with Crippen molar-refractivity contribution >= 4 is 11.6 Å². The molecular formula is C11H20ClN. The Balaban J connectivity index is 2.08. The third kappa shape index (κ3) is 5.33. The third-order valence-electron chi connectivity index (χ3n) is 2.72. The van der Waals surface area contributed by atoms with Crippen molar-refractivity contribution in [1.29, 1.82) is 0 Å². The molecule has 0 aromatic rings. The van der Waals surface area contributed by atoms with Crippen molar-refractivity contribution in [2.75, 3.05) is 13.1 Å². The van der Waals surface area contributed by atoms with Gasteiger partial charge in [0, 0.05) is 11.6 Å². The molecule has 0 aromatic carbocycles. The van der Waals surface area contributed by atoms with Crippen molar-refractivity contribution in [2.24, 2.45) is 5.92 Å². The van der Waals surface area contributed by atoms with E-state index in [2.05, 4.69) is 11.9 Å². The Kier molecular flexibility index (Phi) is 5.49. The molecule has 1 N–H and O–H groups in total. The van der Waals surface area contributed by atoms with Gasteiger partial charge in [-0.2, -0.15) is 0 Å². The lowest BCUT2D eigenvalue weighted by Crippen LogP contribution is -2.23. The van der Waals surface area contributed by atoms with Crippen LogP contribution >= 0.6 is 11.6 Å². The molecule has 1 rings (SSSR count). The summed E-state index contributed by atoms with van der Waals surface area (Å²) in [4.78, 5) is 0. The van der Waals surface area contributed by atoms with Crippen LogP contribution in [0, 0.1) is 5.92 Å². The highest BCUT2D eigenvalue weighted by molar-refractivity contribution is 6.29. The molecule has 1 aliphatic rings. The van der Waals surface area contributed by atoms with Gasteiger partial charge in [0.15, 0.2) is 0 Å². The summed E-state index contributed by atoms with van der Waals surface area (Å²) in [5.74, 6) is 0.874. The molecule has 1 aliphatic carbocycles. The number of halogens is 1. The van der Waals surface area contributed by atoms with Crippen LogP contribution in [0.3, 0.4) is 0 Å². The average molecular weight is 202 g/mol. The molecule has 1 fully saturated rings. The van der Waals surface area contributed by atoms with Crippen LogP contribution in [0.1, 0.15) is 38.5 Å². The molecule has 0 heterocycles. The molecule has 1 nitrogen and oxygen atoms in total. The van der Waals surface area contributed by atoms with Crippen LogP contribution in [-0.2, 0) is 0 Å². The van der Waals surface area contributed by atoms with Gasteiger partial charge in [0.2, 0.25) is 0 Å². The summed E-state index contributed by atoms with van der Waals surface area (Å²) >= 11 is 5.67. The van der Waals surface area contributed by atoms with E-state index in [0.717, 1.165) is 19.0 Å². The van der Waals surface area contributed by atoms with Crippen molar-refractivity contribution in [2.45, 2.75) is 38.5 Å². The maximum absolute atomic E-state index is 5.67. The van der Waals surface area contributed by atoms with Crippen LogP contribution in [0.25, 0.3) is 0 Å². The fourth-order valence-corrected chi connectivity index (χ4v) is 2.07. The summed E-state index contributed by atoms with van der Waals surface area (Å²) in [5.41, 5.74) is 0. The molecule has 76 valence electrons. The first-order valence-electron chi connectivity index (χ1n) is 5.33. The summed E-state index contributed by atoms with van der Waals surface area (Å²) < 4.78 is 0. The predicted octanol–water partition coefficient (Wildman–Crippen LogP) is 3.30. The SMILES string of the molecule is C=C(Cl)CNCC1CCCCCC1. The van der Waals surface area contributed by atoms with Gasteiger partial charge in [-0.25, -0.2) is 0 Å². The van der Waals surface area contributed by atoms with Crippen molar-refractivity contribution in [3.63, 3.8) is 0 Å². The molecule has 0 aromatic heterocycles. The van der Waals surface area contributed by atoms with E-state index in [0.29, 0.717) is 5.03 Å². The van der Waals surface area contributed by atoms with Gasteiger partial charge in [-0.1, -0.05) is 43.9 Å². The topological polar surface area (TPSA) is 12.0 Å². The highest BCUT2D eigenvalue weighted by atomic mass is 35.5. The monoisotopic (exact) mass is 201 g/mol. The number of rotatable bonds is 4. The zero-order valence-electron chi connectivity index (χ0n) is 8.32. The lowest BCUT2D eigenvalue weighted by atomic mass is 10.0. The summed E-state index contributed by atoms with van der Waals surface area (Å²) in [7, 11) is 0. The zero-order valence-corrected chi connectivity index (χ0v) is 9.08. The van der Waals surface area contributed by atoms with E-state index in [1.54, 1.807) is 0 Å². The second kappa shape index (κ2) is 6.44. The first-order valence-corrected chi connectivity index (χ1v) is 5.71. The Morgan fingerprint density at radius 2 is 1.85 bits per heavy atom. The van der Waals surface area contributed by atoms with E-state index >= 15 is 0 Å². The maximum Gasteiger partial charge on any atom is 0.0307 e. The van der Waals surface area contributed by atoms with Gasteiger partial charge >= 0.3 is 0 Å². The highest BCUT2D eigenvalue weighted by Gasteiger charge is 2.11. The van der Waals surface area contributed by atoms with Crippen molar-refractivity contribution in [3.05, 3.63) is 11.6 Å². The van der Waals surface area contributed by atoms with Crippen LogP contribution < -0.4 is 5.32 Å². The van der Waals surface area contributed by atoms with E-state index < -0.39 is 0 Å². The Hall–Kier alpha value is -0.0100. The standard InChI is InChI=1S/C11H20ClN/c1-10(12)8-13-9-11-6-4-2-3-5-7-11/h11,13H,1-9H2. The van der Waals surface area contributed by atoms with Gasteiger partial charge in [-0.05, 0) is 25.3 Å². The van der Waals surface area contributed by atoms with Gasteiger partial charge in [-0.3, -0.25) is 0 Å². The molecule has 0 radical (unpaired) electrons. The minimum absolute atomic E-state index is 0.716. The summed E-state index contributed by atoms with van der Waals surface area (Å²) in [6.45, 7) is 5.54. The fraction of sp³-hybridized carbons (Fsp3) is 0.818. The predicted molar refractivity (Wildman–Crippen MR) is 59.1 cm³/mol. The van der Waals surface area contributed by atoms with Crippen molar-refractivity contribution < 1.29 is 0 Å². The maximum atomic E-state index is 5.67. The second-order valence-electron chi connectivity index (χ2n) is 4.01. The molecule has 0 aliphatic heterocycles. The van der Waals surface area contributed by atoms with Crippen molar-refractivity contribution in [1.82, 2.24) is 5.32 Å². The van der Waals surface area contributed by atoms with E-state index in [4.69, 9.17) is 11.6 Å². The molecule has 0 atom stereocenters. The van der Waals surface area contributed by atoms with Crippen LogP contribution in [-0.4, -0.2) is 13.1 Å². The normalized spacial score (nSPS) is 19.8. The summed E-state index contributed by atoms with van der Waals surface area (Å²) in [6, 6.07) is 0. The lowest BCUT2D eigenvalue weighted by Gasteiger charge is -2.14. The van der Waals surface area contributed by atoms with E-state index in [9.17, 15) is 0 Å². The van der Waals surface area contributed by atoms with Crippen molar-refractivity contribution in [3.8, 4) is 0 Å². The fourth-order valence-electron chi connectivity index (χ4n) is 1.98. The molecule has 0 unspecified atom stereocenters. The van der Waals surface area contributed by atoms with Crippen LogP contribution in [0.4, 0.5) is 0 Å². The van der Waals surface area contributed by atoms with E-state index in [1.807, 2.05) is 0 Å². The van der Waals surface area contributed by atoms with Crippen LogP contribution in [0.5, 0.6) is 0 Å². The van der Waals surface area contributed by atoms with Crippen LogP contribution in [0.15, 0.2) is 11.6 Å². The molecule has 1 saturated carbocycles. The van der Waals surface area contributed by atoms with Gasteiger partial charge in [-0.15, -0.1) is 0 Å². The largest absolute Gasteiger partial charge is 0.312 e. The molecule has 2 heteroatoms.